The predicted molar refractivity (Wildman–Crippen MR) is 83.1 cm³/mol. The Bertz CT molecular complexity index is 822. The molecule has 2 aliphatic rings. The summed E-state index contributed by atoms with van der Waals surface area (Å²) in [4.78, 5) is 0. The molecule has 23 heavy (non-hydrogen) atoms. The monoisotopic (exact) mass is 314 g/mol. The van der Waals surface area contributed by atoms with Crippen LogP contribution in [0.3, 0.4) is 0 Å². The van der Waals surface area contributed by atoms with Gasteiger partial charge >= 0.3 is 0 Å². The molecule has 3 rings (SSSR count). The molecule has 0 radical (unpaired) electrons. The van der Waals surface area contributed by atoms with Crippen molar-refractivity contribution in [3.63, 3.8) is 0 Å². The molecule has 0 saturated carbocycles. The summed E-state index contributed by atoms with van der Waals surface area (Å²) in [5.41, 5.74) is 1.35. The lowest BCUT2D eigenvalue weighted by atomic mass is 9.83. The third kappa shape index (κ3) is 2.30. The number of aliphatic hydroxyl groups excluding tert-OH is 2. The van der Waals surface area contributed by atoms with Crippen LogP contribution in [0.1, 0.15) is 5.56 Å². The molecule has 1 unspecified atom stereocenters. The predicted octanol–water partition coefficient (Wildman–Crippen LogP) is 3.34. The van der Waals surface area contributed by atoms with Crippen molar-refractivity contribution in [2.24, 2.45) is 5.92 Å². The van der Waals surface area contributed by atoms with E-state index in [0.717, 1.165) is 6.08 Å². The fourth-order valence-corrected chi connectivity index (χ4v) is 2.57. The molecule has 6 nitrogen and oxygen atoms in total. The number of phenolic OH excluding ortho intramolecular Hbond substituents is 2. The van der Waals surface area contributed by atoms with E-state index in [9.17, 15) is 15.3 Å². The van der Waals surface area contributed by atoms with Crippen LogP contribution in [0.5, 0.6) is 17.2 Å². The second-order valence-electron chi connectivity index (χ2n) is 5.13. The van der Waals surface area contributed by atoms with Gasteiger partial charge in [-0.05, 0) is 17.7 Å². The number of aromatic hydroxyl groups is 2. The van der Waals surface area contributed by atoms with E-state index in [0.29, 0.717) is 16.7 Å². The molecule has 1 aliphatic carbocycles. The highest BCUT2D eigenvalue weighted by Crippen LogP contribution is 2.51. The van der Waals surface area contributed by atoms with Crippen LogP contribution >= 0.6 is 0 Å². The Hall–Kier alpha value is -3.28. The molecular weight excluding hydrogens is 300 g/mol. The maximum Gasteiger partial charge on any atom is 0.274 e. The average molecular weight is 314 g/mol. The van der Waals surface area contributed by atoms with Crippen molar-refractivity contribution in [3.8, 4) is 17.2 Å². The minimum absolute atomic E-state index is 0.0250. The third-order valence-corrected chi connectivity index (χ3v) is 3.69. The first-order valence-corrected chi connectivity index (χ1v) is 6.73. The summed E-state index contributed by atoms with van der Waals surface area (Å²) in [6.45, 7) is 3.68. The molecule has 1 aromatic rings. The van der Waals surface area contributed by atoms with Gasteiger partial charge < -0.3 is 30.3 Å². The fourth-order valence-electron chi connectivity index (χ4n) is 2.57. The number of benzene rings is 1. The molecule has 0 bridgehead atoms. The number of hydrogen-bond acceptors (Lipinski definition) is 6. The minimum Gasteiger partial charge on any atom is -0.504 e. The van der Waals surface area contributed by atoms with Crippen LogP contribution < -0.4 is 4.74 Å². The lowest BCUT2D eigenvalue weighted by molar-refractivity contribution is 0.191. The Balaban J connectivity index is 2.28. The third-order valence-electron chi connectivity index (χ3n) is 3.69. The molecule has 1 aromatic carbocycles. The van der Waals surface area contributed by atoms with Gasteiger partial charge in [-0.2, -0.15) is 0 Å². The van der Waals surface area contributed by atoms with E-state index in [2.05, 4.69) is 6.58 Å². The van der Waals surface area contributed by atoms with Crippen LogP contribution in [0.2, 0.25) is 0 Å². The Morgan fingerprint density at radius 2 is 1.91 bits per heavy atom. The summed E-state index contributed by atoms with van der Waals surface area (Å²) in [7, 11) is 0. The number of hydrogen-bond donors (Lipinski definition) is 5. The SMILES string of the molecule is C=C1C=CC2C(=C1O)Oc1c(ccc(O)c1O)/C2=C\C=C(O)O. The van der Waals surface area contributed by atoms with Crippen LogP contribution in [0.4, 0.5) is 0 Å². The van der Waals surface area contributed by atoms with Crippen molar-refractivity contribution in [2.45, 2.75) is 0 Å². The van der Waals surface area contributed by atoms with Crippen molar-refractivity contribution >= 4 is 5.57 Å². The van der Waals surface area contributed by atoms with Gasteiger partial charge in [-0.15, -0.1) is 0 Å². The Morgan fingerprint density at radius 3 is 2.61 bits per heavy atom. The first-order valence-electron chi connectivity index (χ1n) is 6.73. The van der Waals surface area contributed by atoms with Gasteiger partial charge in [0.05, 0.1) is 5.92 Å². The fraction of sp³-hybridized carbons (Fsp3) is 0.0588. The lowest BCUT2D eigenvalue weighted by Gasteiger charge is -2.31. The average Bonchev–Trinajstić information content (AvgIpc) is 2.51. The smallest absolute Gasteiger partial charge is 0.274 e. The summed E-state index contributed by atoms with van der Waals surface area (Å²) in [6.07, 6.45) is 5.86. The van der Waals surface area contributed by atoms with E-state index < -0.39 is 17.6 Å². The van der Waals surface area contributed by atoms with Gasteiger partial charge in [0.25, 0.3) is 5.95 Å². The van der Waals surface area contributed by atoms with E-state index in [4.69, 9.17) is 14.9 Å². The summed E-state index contributed by atoms with van der Waals surface area (Å²) >= 11 is 0. The summed E-state index contributed by atoms with van der Waals surface area (Å²) < 4.78 is 5.59. The topological polar surface area (TPSA) is 110 Å². The van der Waals surface area contributed by atoms with Crippen LogP contribution in [0.15, 0.2) is 66.1 Å². The number of ether oxygens (including phenoxy) is 1. The highest BCUT2D eigenvalue weighted by atomic mass is 16.5. The lowest BCUT2D eigenvalue weighted by Crippen LogP contribution is -2.21. The molecule has 118 valence electrons. The van der Waals surface area contributed by atoms with Crippen LogP contribution in [-0.2, 0) is 0 Å². The zero-order chi connectivity index (χ0) is 16.7. The Labute approximate surface area is 131 Å². The highest BCUT2D eigenvalue weighted by molar-refractivity contribution is 5.82. The molecule has 1 heterocycles. The van der Waals surface area contributed by atoms with E-state index >= 15 is 0 Å². The summed E-state index contributed by atoms with van der Waals surface area (Å²) in [5.74, 6) is -2.27. The number of fused-ring (bicyclic) bond motifs is 2. The van der Waals surface area contributed by atoms with Gasteiger partial charge in [0.2, 0.25) is 5.75 Å². The highest BCUT2D eigenvalue weighted by Gasteiger charge is 2.35. The normalized spacial score (nSPS) is 20.8. The largest absolute Gasteiger partial charge is 0.504 e. The van der Waals surface area contributed by atoms with Crippen LogP contribution in [0, 0.1) is 5.92 Å². The number of rotatable bonds is 1. The van der Waals surface area contributed by atoms with E-state index in [-0.39, 0.29) is 23.0 Å². The van der Waals surface area contributed by atoms with Gasteiger partial charge in [0.15, 0.2) is 23.0 Å². The molecular formula is C17H14O6. The van der Waals surface area contributed by atoms with E-state index in [1.54, 1.807) is 12.2 Å². The Morgan fingerprint density at radius 1 is 1.17 bits per heavy atom. The van der Waals surface area contributed by atoms with Crippen molar-refractivity contribution in [1.29, 1.82) is 0 Å². The molecule has 0 saturated heterocycles. The molecule has 0 amide bonds. The maximum atomic E-state index is 10.2. The van der Waals surface area contributed by atoms with Crippen LogP contribution in [-0.4, -0.2) is 25.5 Å². The molecule has 0 fully saturated rings. The first kappa shape index (κ1) is 14.6. The molecule has 1 atom stereocenters. The summed E-state index contributed by atoms with van der Waals surface area (Å²) in [6, 6.07) is 2.83. The maximum absolute atomic E-state index is 10.2. The van der Waals surface area contributed by atoms with Gasteiger partial charge in [-0.1, -0.05) is 24.8 Å². The molecule has 0 spiro atoms. The van der Waals surface area contributed by atoms with Gasteiger partial charge in [-0.3, -0.25) is 0 Å². The molecule has 1 aliphatic heterocycles. The zero-order valence-electron chi connectivity index (χ0n) is 11.9. The molecule has 0 aromatic heterocycles. The second kappa shape index (κ2) is 5.17. The first-order chi connectivity index (χ1) is 10.9. The van der Waals surface area contributed by atoms with E-state index in [1.165, 1.54) is 18.2 Å². The van der Waals surface area contributed by atoms with Crippen LogP contribution in [0.25, 0.3) is 5.57 Å². The van der Waals surface area contributed by atoms with Crippen molar-refractivity contribution in [3.05, 3.63) is 71.6 Å². The van der Waals surface area contributed by atoms with Crippen molar-refractivity contribution in [2.75, 3.05) is 0 Å². The minimum atomic E-state index is -0.882. The van der Waals surface area contributed by atoms with Crippen molar-refractivity contribution < 1.29 is 30.3 Å². The molecule has 6 heteroatoms. The number of aliphatic hydroxyl groups is 3. The quantitative estimate of drug-likeness (QED) is 0.401. The number of allylic oxidation sites excluding steroid dienone is 4. The standard InChI is InChI=1S/C17H14O6/c1-8-2-3-10-9(5-7-13(19)20)11-4-6-12(18)15(22)17(11)23-16(10)14(8)21/h2-7,10,18-22H,1H2/b9-5-. The Kier molecular flexibility index (Phi) is 3.29. The number of phenols is 2. The van der Waals surface area contributed by atoms with Gasteiger partial charge in [0, 0.05) is 17.2 Å². The van der Waals surface area contributed by atoms with Crippen molar-refractivity contribution in [1.82, 2.24) is 0 Å². The van der Waals surface area contributed by atoms with Gasteiger partial charge in [0.1, 0.15) is 0 Å². The van der Waals surface area contributed by atoms with Gasteiger partial charge in [-0.25, -0.2) is 0 Å². The second-order valence-corrected chi connectivity index (χ2v) is 5.13. The van der Waals surface area contributed by atoms with E-state index in [1.807, 2.05) is 0 Å². The molecule has 5 N–H and O–H groups in total. The summed E-state index contributed by atoms with van der Waals surface area (Å²) in [5, 5.41) is 47.8. The zero-order valence-corrected chi connectivity index (χ0v) is 11.9.